The van der Waals surface area contributed by atoms with Gasteiger partial charge in [0.15, 0.2) is 6.20 Å². The third kappa shape index (κ3) is 3.76. The molecule has 184 valence electrons. The second kappa shape index (κ2) is 8.97. The second-order valence-electron chi connectivity index (χ2n) is 9.96. The zero-order valence-corrected chi connectivity index (χ0v) is 21.8. The summed E-state index contributed by atoms with van der Waals surface area (Å²) in [6.45, 7) is 5.84. The molecule has 0 N–H and O–H groups in total. The Bertz CT molecular complexity index is 1910. The number of nitriles is 1. The summed E-state index contributed by atoms with van der Waals surface area (Å²) in [6, 6.07) is 28.5. The summed E-state index contributed by atoms with van der Waals surface area (Å²) in [4.78, 5) is 0. The van der Waals surface area contributed by atoms with Gasteiger partial charge in [0.05, 0.1) is 17.2 Å². The molecule has 38 heavy (non-hydrogen) atoms. The predicted molar refractivity (Wildman–Crippen MR) is 150 cm³/mol. The Kier molecular flexibility index (Phi) is 5.58. The number of nitrogens with zero attached hydrogens (tertiary/aromatic N) is 2. The lowest BCUT2D eigenvalue weighted by atomic mass is 9.94. The van der Waals surface area contributed by atoms with E-state index in [-0.39, 0.29) is 5.82 Å². The highest BCUT2D eigenvalue weighted by atomic mass is 19.1. The Hall–Kier alpha value is -4.75. The van der Waals surface area contributed by atoms with E-state index in [1.807, 2.05) is 54.9 Å². The van der Waals surface area contributed by atoms with Gasteiger partial charge in [-0.3, -0.25) is 0 Å². The predicted octanol–water partition coefficient (Wildman–Crippen LogP) is 8.35. The molecule has 0 spiro atoms. The minimum atomic E-state index is -0.258. The minimum Gasteiger partial charge on any atom is -0.454 e. The van der Waals surface area contributed by atoms with Crippen LogP contribution in [0.4, 0.5) is 4.39 Å². The summed E-state index contributed by atoms with van der Waals surface area (Å²) in [6.07, 6.45) is 1.79. The molecule has 2 aromatic heterocycles. The number of pyridine rings is 1. The Balaban J connectivity index is 1.59. The average Bonchev–Trinajstić information content (AvgIpc) is 3.29. The van der Waals surface area contributed by atoms with Crippen LogP contribution in [0.25, 0.3) is 55.4 Å². The van der Waals surface area contributed by atoms with Crippen LogP contribution in [0.15, 0.2) is 89.5 Å². The zero-order valence-electron chi connectivity index (χ0n) is 21.8. The van der Waals surface area contributed by atoms with Crippen LogP contribution in [0.2, 0.25) is 0 Å². The quantitative estimate of drug-likeness (QED) is 0.231. The topological polar surface area (TPSA) is 40.8 Å². The highest BCUT2D eigenvalue weighted by Crippen LogP contribution is 2.42. The molecule has 6 aromatic rings. The summed E-state index contributed by atoms with van der Waals surface area (Å²) in [5, 5.41) is 11.9. The van der Waals surface area contributed by atoms with Crippen molar-refractivity contribution in [2.75, 3.05) is 0 Å². The maximum atomic E-state index is 14.7. The third-order valence-electron chi connectivity index (χ3n) is 7.36. The number of hydrogen-bond acceptors (Lipinski definition) is 2. The molecule has 2 heterocycles. The largest absolute Gasteiger partial charge is 0.454 e. The first-order valence-corrected chi connectivity index (χ1v) is 12.6. The van der Waals surface area contributed by atoms with Gasteiger partial charge in [-0.05, 0) is 55.2 Å². The lowest BCUT2D eigenvalue weighted by Gasteiger charge is -2.08. The lowest BCUT2D eigenvalue weighted by Crippen LogP contribution is -2.31. The van der Waals surface area contributed by atoms with Crippen molar-refractivity contribution in [2.45, 2.75) is 20.8 Å². The van der Waals surface area contributed by atoms with Crippen molar-refractivity contribution >= 4 is 21.9 Å². The Morgan fingerprint density at radius 1 is 0.711 bits per heavy atom. The van der Waals surface area contributed by atoms with E-state index in [9.17, 15) is 9.65 Å². The van der Waals surface area contributed by atoms with Crippen LogP contribution in [0.3, 0.4) is 0 Å². The van der Waals surface area contributed by atoms with E-state index in [0.29, 0.717) is 22.3 Å². The van der Waals surface area contributed by atoms with Crippen LogP contribution in [0.1, 0.15) is 22.3 Å². The summed E-state index contributed by atoms with van der Waals surface area (Å²) >= 11 is 0. The van der Waals surface area contributed by atoms with Gasteiger partial charge in [-0.1, -0.05) is 66.2 Å². The molecule has 0 aliphatic rings. The van der Waals surface area contributed by atoms with Gasteiger partial charge in [0.1, 0.15) is 24.0 Å². The smallest absolute Gasteiger partial charge is 0.219 e. The van der Waals surface area contributed by atoms with Gasteiger partial charge in [-0.2, -0.15) is 5.26 Å². The maximum Gasteiger partial charge on any atom is 0.219 e. The zero-order chi connectivity index (χ0) is 26.6. The number of hydrogen-bond donors (Lipinski definition) is 0. The van der Waals surface area contributed by atoms with Crippen LogP contribution in [0, 0.1) is 37.9 Å². The first-order chi connectivity index (χ1) is 18.4. The van der Waals surface area contributed by atoms with Gasteiger partial charge >= 0.3 is 0 Å². The molecular weight excluding hydrogens is 471 g/mol. The molecule has 0 atom stereocenters. The molecule has 0 unspecified atom stereocenters. The van der Waals surface area contributed by atoms with Gasteiger partial charge in [-0.25, -0.2) is 8.96 Å². The van der Waals surface area contributed by atoms with E-state index < -0.39 is 0 Å². The molecule has 0 saturated heterocycles. The van der Waals surface area contributed by atoms with Crippen molar-refractivity contribution in [3.05, 3.63) is 113 Å². The van der Waals surface area contributed by atoms with E-state index in [1.165, 1.54) is 5.56 Å². The van der Waals surface area contributed by atoms with Crippen LogP contribution in [-0.2, 0) is 7.05 Å². The first-order valence-electron chi connectivity index (χ1n) is 12.6. The lowest BCUT2D eigenvalue weighted by molar-refractivity contribution is -0.661. The minimum absolute atomic E-state index is 0.258. The molecule has 6 rings (SSSR count). The van der Waals surface area contributed by atoms with E-state index in [0.717, 1.165) is 49.8 Å². The van der Waals surface area contributed by atoms with Gasteiger partial charge < -0.3 is 4.42 Å². The molecule has 4 heteroatoms. The fourth-order valence-corrected chi connectivity index (χ4v) is 5.28. The van der Waals surface area contributed by atoms with E-state index in [4.69, 9.17) is 4.42 Å². The number of aromatic nitrogens is 1. The van der Waals surface area contributed by atoms with E-state index in [2.05, 4.69) is 49.4 Å². The normalized spacial score (nSPS) is 11.3. The highest BCUT2D eigenvalue weighted by Gasteiger charge is 2.24. The molecule has 0 bridgehead atoms. The number of fused-ring (bicyclic) bond motifs is 3. The fraction of sp³-hybridized carbons (Fsp3) is 0.118. The number of aryl methyl sites for hydroxylation is 4. The van der Waals surface area contributed by atoms with Crippen molar-refractivity contribution in [3.63, 3.8) is 0 Å². The Morgan fingerprint density at radius 3 is 1.95 bits per heavy atom. The first kappa shape index (κ1) is 23.6. The number of furan rings is 1. The standard InChI is InChI=1S/C34H26FN2O/c1-20-5-8-23(9-6-20)24-10-12-25(13-11-24)32-26(18-36)14-16-28-27-15-7-21(2)31(33(27)38-34(28)32)30-17-29(35)22(3)19-37(30)4/h5-17,19H,1-4H3/q+1. The highest BCUT2D eigenvalue weighted by molar-refractivity contribution is 6.14. The third-order valence-corrected chi connectivity index (χ3v) is 7.36. The molecule has 0 radical (unpaired) electrons. The second-order valence-corrected chi connectivity index (χ2v) is 9.96. The average molecular weight is 498 g/mol. The van der Waals surface area contributed by atoms with Gasteiger partial charge in [0, 0.05) is 28.0 Å². The summed E-state index contributed by atoms with van der Waals surface area (Å²) in [5.41, 5.74) is 10.2. The summed E-state index contributed by atoms with van der Waals surface area (Å²) in [5.74, 6) is -0.258. The van der Waals surface area contributed by atoms with Gasteiger partial charge in [-0.15, -0.1) is 0 Å². The van der Waals surface area contributed by atoms with E-state index >= 15 is 0 Å². The Morgan fingerprint density at radius 2 is 1.29 bits per heavy atom. The van der Waals surface area contributed by atoms with Crippen LogP contribution in [-0.4, -0.2) is 0 Å². The number of halogens is 1. The maximum absolute atomic E-state index is 14.7. The van der Waals surface area contributed by atoms with Gasteiger partial charge in [0.25, 0.3) is 0 Å². The van der Waals surface area contributed by atoms with Crippen LogP contribution < -0.4 is 4.57 Å². The van der Waals surface area contributed by atoms with E-state index in [1.54, 1.807) is 19.2 Å². The van der Waals surface area contributed by atoms with Crippen molar-refractivity contribution in [2.24, 2.45) is 7.05 Å². The molecule has 0 saturated carbocycles. The van der Waals surface area contributed by atoms with Crippen molar-refractivity contribution in [3.8, 4) is 39.6 Å². The molecule has 4 aromatic carbocycles. The Labute approximate surface area is 221 Å². The molecule has 3 nitrogen and oxygen atoms in total. The molecule has 0 aliphatic heterocycles. The molecule has 0 aliphatic carbocycles. The fourth-order valence-electron chi connectivity index (χ4n) is 5.28. The van der Waals surface area contributed by atoms with Crippen molar-refractivity contribution in [1.82, 2.24) is 0 Å². The van der Waals surface area contributed by atoms with Gasteiger partial charge in [0.2, 0.25) is 5.69 Å². The number of rotatable bonds is 3. The SMILES string of the molecule is Cc1ccc(-c2ccc(-c3c(C#N)ccc4c3oc3c(-c5cc(F)c(C)c[n+]5C)c(C)ccc34)cc2)cc1. The number of benzene rings is 4. The molecule has 0 fully saturated rings. The van der Waals surface area contributed by atoms with Crippen molar-refractivity contribution in [1.29, 1.82) is 5.26 Å². The van der Waals surface area contributed by atoms with Crippen LogP contribution >= 0.6 is 0 Å². The summed E-state index contributed by atoms with van der Waals surface area (Å²) in [7, 11) is 1.91. The van der Waals surface area contributed by atoms with Crippen molar-refractivity contribution < 1.29 is 13.4 Å². The molecule has 0 amide bonds. The van der Waals surface area contributed by atoms with Crippen LogP contribution in [0.5, 0.6) is 0 Å². The molecular formula is C34H26FN2O+. The monoisotopic (exact) mass is 497 g/mol. The summed E-state index contributed by atoms with van der Waals surface area (Å²) < 4.78 is 23.2.